The molecule has 0 saturated carbocycles. The first kappa shape index (κ1) is 9.01. The van der Waals surface area contributed by atoms with E-state index in [1.807, 2.05) is 13.8 Å². The zero-order valence-electron chi connectivity index (χ0n) is 6.64. The Hall–Kier alpha value is -0.990. The maximum atomic E-state index is 7.17. The number of allylic oxidation sites excluding steroid dienone is 1. The lowest BCUT2D eigenvalue weighted by atomic mass is 10.4. The number of nitrogens with two attached hydrogens (primary N) is 1. The van der Waals surface area contributed by atoms with E-state index in [2.05, 4.69) is 0 Å². The molecule has 0 aliphatic carbocycles. The first-order valence-electron chi connectivity index (χ1n) is 3.21. The van der Waals surface area contributed by atoms with E-state index >= 15 is 0 Å². The van der Waals surface area contributed by atoms with Gasteiger partial charge in [0.25, 0.3) is 0 Å². The minimum absolute atomic E-state index is 0.0445. The van der Waals surface area contributed by atoms with E-state index in [0.29, 0.717) is 5.70 Å². The highest BCUT2D eigenvalue weighted by molar-refractivity contribution is 5.85. The van der Waals surface area contributed by atoms with E-state index < -0.39 is 0 Å². The van der Waals surface area contributed by atoms with Crippen LogP contribution in [0.5, 0.6) is 0 Å². The van der Waals surface area contributed by atoms with Gasteiger partial charge >= 0.3 is 0 Å². The zero-order chi connectivity index (χ0) is 8.15. The molecule has 0 bridgehead atoms. The predicted octanol–water partition coefficient (Wildman–Crippen LogP) is 1.25. The van der Waals surface area contributed by atoms with Crippen molar-refractivity contribution in [3.63, 3.8) is 0 Å². The molecule has 3 heteroatoms. The lowest BCUT2D eigenvalue weighted by Crippen LogP contribution is -2.09. The molecule has 0 aliphatic rings. The van der Waals surface area contributed by atoms with Gasteiger partial charge in [0.1, 0.15) is 0 Å². The molecule has 0 aromatic heterocycles. The van der Waals surface area contributed by atoms with E-state index in [4.69, 9.17) is 15.9 Å². The summed E-state index contributed by atoms with van der Waals surface area (Å²) in [6.45, 7) is 5.46. The van der Waals surface area contributed by atoms with Crippen molar-refractivity contribution < 1.29 is 4.74 Å². The second-order valence-corrected chi connectivity index (χ2v) is 2.42. The van der Waals surface area contributed by atoms with Crippen LogP contribution < -0.4 is 5.73 Å². The molecule has 58 valence electrons. The molecule has 0 atom stereocenters. The van der Waals surface area contributed by atoms with Crippen LogP contribution in [-0.2, 0) is 4.74 Å². The Morgan fingerprint density at radius 1 is 1.60 bits per heavy atom. The maximum Gasteiger partial charge on any atom is 0.207 e. The van der Waals surface area contributed by atoms with Crippen molar-refractivity contribution in [1.29, 1.82) is 5.41 Å². The van der Waals surface area contributed by atoms with Gasteiger partial charge in [-0.25, -0.2) is 0 Å². The fourth-order valence-corrected chi connectivity index (χ4v) is 0.495. The largest absolute Gasteiger partial charge is 0.475 e. The number of ether oxygens (including phenoxy) is 1. The summed E-state index contributed by atoms with van der Waals surface area (Å²) in [5.74, 6) is 0.120. The van der Waals surface area contributed by atoms with Crippen LogP contribution in [0.2, 0.25) is 0 Å². The number of rotatable bonds is 2. The van der Waals surface area contributed by atoms with Gasteiger partial charge in [-0.15, -0.1) is 0 Å². The maximum absolute atomic E-state index is 7.17. The minimum atomic E-state index is 0.0445. The van der Waals surface area contributed by atoms with Crippen LogP contribution in [0.15, 0.2) is 11.8 Å². The van der Waals surface area contributed by atoms with Gasteiger partial charge in [-0.05, 0) is 20.8 Å². The van der Waals surface area contributed by atoms with Crippen molar-refractivity contribution in [2.45, 2.75) is 26.9 Å². The summed E-state index contributed by atoms with van der Waals surface area (Å²) >= 11 is 0. The highest BCUT2D eigenvalue weighted by Crippen LogP contribution is 1.91. The van der Waals surface area contributed by atoms with Crippen LogP contribution >= 0.6 is 0 Å². The second kappa shape index (κ2) is 3.93. The molecule has 0 amide bonds. The highest BCUT2D eigenvalue weighted by atomic mass is 16.5. The minimum Gasteiger partial charge on any atom is -0.475 e. The fourth-order valence-electron chi connectivity index (χ4n) is 0.495. The lowest BCUT2D eigenvalue weighted by molar-refractivity contribution is 0.228. The topological polar surface area (TPSA) is 59.1 Å². The molecule has 0 saturated heterocycles. The normalized spacial score (nSPS) is 11.8. The molecule has 0 radical (unpaired) electrons. The molecule has 0 unspecified atom stereocenters. The van der Waals surface area contributed by atoms with Gasteiger partial charge in [0.2, 0.25) is 5.90 Å². The van der Waals surface area contributed by atoms with Crippen LogP contribution in [0.3, 0.4) is 0 Å². The third-order valence-corrected chi connectivity index (χ3v) is 0.721. The smallest absolute Gasteiger partial charge is 0.207 e. The average molecular weight is 142 g/mol. The van der Waals surface area contributed by atoms with Gasteiger partial charge in [0.05, 0.1) is 6.10 Å². The van der Waals surface area contributed by atoms with Crippen molar-refractivity contribution in [3.8, 4) is 0 Å². The molecule has 3 nitrogen and oxygen atoms in total. The van der Waals surface area contributed by atoms with Crippen molar-refractivity contribution in [1.82, 2.24) is 0 Å². The van der Waals surface area contributed by atoms with Gasteiger partial charge in [-0.1, -0.05) is 0 Å². The molecule has 0 aliphatic heterocycles. The summed E-state index contributed by atoms with van der Waals surface area (Å²) in [6, 6.07) is 0. The number of hydrogen-bond donors (Lipinski definition) is 2. The third kappa shape index (κ3) is 5.15. The Morgan fingerprint density at radius 2 is 2.10 bits per heavy atom. The average Bonchev–Trinajstić information content (AvgIpc) is 1.58. The van der Waals surface area contributed by atoms with Crippen molar-refractivity contribution in [2.75, 3.05) is 0 Å². The van der Waals surface area contributed by atoms with E-state index in [1.54, 1.807) is 6.92 Å². The third-order valence-electron chi connectivity index (χ3n) is 0.721. The molecular formula is C7H14N2O. The summed E-state index contributed by atoms with van der Waals surface area (Å²) < 4.78 is 4.99. The Kier molecular flexibility index (Phi) is 3.54. The van der Waals surface area contributed by atoms with Crippen LogP contribution in [0.4, 0.5) is 0 Å². The van der Waals surface area contributed by atoms with E-state index in [9.17, 15) is 0 Å². The van der Waals surface area contributed by atoms with Gasteiger partial charge in [-0.2, -0.15) is 0 Å². The molecule has 0 fully saturated rings. The van der Waals surface area contributed by atoms with E-state index in [1.165, 1.54) is 6.08 Å². The van der Waals surface area contributed by atoms with Gasteiger partial charge in [0.15, 0.2) is 0 Å². The fraction of sp³-hybridized carbons (Fsp3) is 0.571. The summed E-state index contributed by atoms with van der Waals surface area (Å²) in [7, 11) is 0. The Bertz CT molecular complexity index is 146. The summed E-state index contributed by atoms with van der Waals surface area (Å²) in [5.41, 5.74) is 5.90. The van der Waals surface area contributed by atoms with E-state index in [0.717, 1.165) is 0 Å². The molecule has 0 spiro atoms. The van der Waals surface area contributed by atoms with Crippen LogP contribution in [0.25, 0.3) is 0 Å². The zero-order valence-corrected chi connectivity index (χ0v) is 6.64. The Balaban J connectivity index is 3.76. The summed E-state index contributed by atoms with van der Waals surface area (Å²) in [4.78, 5) is 0. The molecule has 0 aromatic rings. The van der Waals surface area contributed by atoms with Crippen LogP contribution in [0.1, 0.15) is 20.8 Å². The SMILES string of the molecule is C/C(N)=C/C(=N)OC(C)C. The first-order valence-corrected chi connectivity index (χ1v) is 3.21. The van der Waals surface area contributed by atoms with Crippen molar-refractivity contribution in [2.24, 2.45) is 5.73 Å². The Morgan fingerprint density at radius 3 is 2.40 bits per heavy atom. The first-order chi connectivity index (χ1) is 4.52. The Labute approximate surface area is 61.4 Å². The van der Waals surface area contributed by atoms with Gasteiger partial charge < -0.3 is 10.5 Å². The standard InChI is InChI=1S/C7H14N2O/c1-5(2)10-7(9)4-6(3)8/h4-5,9H,8H2,1-3H3/b6-4-,9-7?. The van der Waals surface area contributed by atoms with Gasteiger partial charge in [0, 0.05) is 11.8 Å². The molecule has 0 rings (SSSR count). The highest BCUT2D eigenvalue weighted by Gasteiger charge is 1.95. The van der Waals surface area contributed by atoms with Gasteiger partial charge in [-0.3, -0.25) is 5.41 Å². The van der Waals surface area contributed by atoms with E-state index in [-0.39, 0.29) is 12.0 Å². The van der Waals surface area contributed by atoms with Crippen LogP contribution in [0, 0.1) is 5.41 Å². The second-order valence-electron chi connectivity index (χ2n) is 2.42. The molecule has 3 N–H and O–H groups in total. The lowest BCUT2D eigenvalue weighted by Gasteiger charge is -2.06. The molecule has 10 heavy (non-hydrogen) atoms. The van der Waals surface area contributed by atoms with Crippen molar-refractivity contribution in [3.05, 3.63) is 11.8 Å². The molecule has 0 aromatic carbocycles. The summed E-state index contributed by atoms with van der Waals surface area (Å²) in [6.07, 6.45) is 1.53. The summed E-state index contributed by atoms with van der Waals surface area (Å²) in [5, 5.41) is 7.17. The van der Waals surface area contributed by atoms with Crippen molar-refractivity contribution >= 4 is 5.90 Å². The quantitative estimate of drug-likeness (QED) is 0.450. The number of hydrogen-bond acceptors (Lipinski definition) is 3. The monoisotopic (exact) mass is 142 g/mol. The predicted molar refractivity (Wildman–Crippen MR) is 41.9 cm³/mol. The molecular weight excluding hydrogens is 128 g/mol. The molecule has 0 heterocycles. The van der Waals surface area contributed by atoms with Crippen LogP contribution in [-0.4, -0.2) is 12.0 Å². The number of nitrogens with one attached hydrogen (secondary N) is 1.